The van der Waals surface area contributed by atoms with Crippen molar-refractivity contribution in [3.8, 4) is 0 Å². The number of nitrogens with one attached hydrogen (secondary N) is 1. The second-order valence-corrected chi connectivity index (χ2v) is 5.64. The summed E-state index contributed by atoms with van der Waals surface area (Å²) < 4.78 is 0. The van der Waals surface area contributed by atoms with E-state index >= 15 is 0 Å². The molecule has 0 radical (unpaired) electrons. The van der Waals surface area contributed by atoms with Crippen molar-refractivity contribution in [2.24, 2.45) is 5.73 Å². The zero-order chi connectivity index (χ0) is 13.5. The Labute approximate surface area is 114 Å². The molecule has 0 saturated carbocycles. The standard InChI is InChI=1S/C11H16N2O3S2/c1-17-6-4-7(11(15)16)13-10(14)9(12)8-3-2-5-18-8/h2-3,5,7,9H,4,6,12H2,1H3,(H,13,14)(H,15,16)/t7-,9?/m1/s1. The Morgan fingerprint density at radius 3 is 2.83 bits per heavy atom. The third kappa shape index (κ3) is 4.32. The van der Waals surface area contributed by atoms with Gasteiger partial charge < -0.3 is 16.2 Å². The van der Waals surface area contributed by atoms with Crippen molar-refractivity contribution in [1.29, 1.82) is 0 Å². The van der Waals surface area contributed by atoms with E-state index in [9.17, 15) is 9.59 Å². The molecule has 0 fully saturated rings. The Kier molecular flexibility index (Phi) is 6.17. The van der Waals surface area contributed by atoms with Gasteiger partial charge in [0, 0.05) is 4.88 Å². The summed E-state index contributed by atoms with van der Waals surface area (Å²) >= 11 is 2.91. The van der Waals surface area contributed by atoms with Gasteiger partial charge in [-0.15, -0.1) is 11.3 Å². The third-order valence-electron chi connectivity index (χ3n) is 2.36. The van der Waals surface area contributed by atoms with E-state index in [-0.39, 0.29) is 0 Å². The van der Waals surface area contributed by atoms with E-state index in [0.29, 0.717) is 12.2 Å². The first-order valence-corrected chi connectivity index (χ1v) is 7.64. The number of thioether (sulfide) groups is 1. The summed E-state index contributed by atoms with van der Waals surface area (Å²) in [7, 11) is 0. The molecule has 1 unspecified atom stereocenters. The number of rotatable bonds is 7. The number of amides is 1. The molecule has 0 aliphatic heterocycles. The number of carbonyl (C=O) groups excluding carboxylic acids is 1. The highest BCUT2D eigenvalue weighted by Gasteiger charge is 2.24. The maximum absolute atomic E-state index is 11.8. The molecule has 1 rings (SSSR count). The SMILES string of the molecule is CSCC[C@@H](NC(=O)C(N)c1cccs1)C(=O)O. The van der Waals surface area contributed by atoms with Crippen molar-refractivity contribution in [3.63, 3.8) is 0 Å². The van der Waals surface area contributed by atoms with Crippen LogP contribution in [-0.4, -0.2) is 35.0 Å². The molecule has 2 atom stereocenters. The van der Waals surface area contributed by atoms with Crippen LogP contribution in [0.4, 0.5) is 0 Å². The van der Waals surface area contributed by atoms with E-state index < -0.39 is 24.0 Å². The molecule has 4 N–H and O–H groups in total. The van der Waals surface area contributed by atoms with Gasteiger partial charge in [-0.25, -0.2) is 4.79 Å². The van der Waals surface area contributed by atoms with Crippen LogP contribution in [-0.2, 0) is 9.59 Å². The lowest BCUT2D eigenvalue weighted by atomic mass is 10.2. The van der Waals surface area contributed by atoms with Crippen molar-refractivity contribution >= 4 is 35.0 Å². The van der Waals surface area contributed by atoms with E-state index in [1.807, 2.05) is 11.6 Å². The van der Waals surface area contributed by atoms with Gasteiger partial charge in [0.1, 0.15) is 12.1 Å². The highest BCUT2D eigenvalue weighted by atomic mass is 32.2. The second-order valence-electron chi connectivity index (χ2n) is 3.67. The van der Waals surface area contributed by atoms with Crippen LogP contribution in [0.5, 0.6) is 0 Å². The Morgan fingerprint density at radius 1 is 1.61 bits per heavy atom. The minimum atomic E-state index is -1.03. The first-order valence-electron chi connectivity index (χ1n) is 5.37. The quantitative estimate of drug-likeness (QED) is 0.698. The van der Waals surface area contributed by atoms with Crippen molar-refractivity contribution < 1.29 is 14.7 Å². The number of carboxylic acid groups (broad SMARTS) is 1. The monoisotopic (exact) mass is 288 g/mol. The molecule has 1 amide bonds. The minimum absolute atomic E-state index is 0.388. The number of nitrogens with two attached hydrogens (primary N) is 1. The number of hydrogen-bond acceptors (Lipinski definition) is 5. The summed E-state index contributed by atoms with van der Waals surface area (Å²) in [6.07, 6.45) is 2.28. The van der Waals surface area contributed by atoms with E-state index in [4.69, 9.17) is 10.8 Å². The molecule has 0 aliphatic carbocycles. The summed E-state index contributed by atoms with van der Waals surface area (Å²) in [5, 5.41) is 13.3. The van der Waals surface area contributed by atoms with Crippen LogP contribution in [0.2, 0.25) is 0 Å². The summed E-state index contributed by atoms with van der Waals surface area (Å²) in [4.78, 5) is 23.5. The fourth-order valence-electron chi connectivity index (χ4n) is 1.35. The normalized spacial score (nSPS) is 13.9. The lowest BCUT2D eigenvalue weighted by molar-refractivity contribution is -0.142. The van der Waals surface area contributed by atoms with Crippen LogP contribution in [0.15, 0.2) is 17.5 Å². The Balaban J connectivity index is 2.58. The minimum Gasteiger partial charge on any atom is -0.480 e. The van der Waals surface area contributed by atoms with Gasteiger partial charge in [0.05, 0.1) is 0 Å². The zero-order valence-electron chi connectivity index (χ0n) is 9.96. The highest BCUT2D eigenvalue weighted by Crippen LogP contribution is 2.17. The summed E-state index contributed by atoms with van der Waals surface area (Å²) in [6.45, 7) is 0. The molecule has 0 saturated heterocycles. The smallest absolute Gasteiger partial charge is 0.326 e. The number of aliphatic carboxylic acids is 1. The maximum atomic E-state index is 11.8. The van der Waals surface area contributed by atoms with E-state index in [0.717, 1.165) is 4.88 Å². The Hall–Kier alpha value is -1.05. The zero-order valence-corrected chi connectivity index (χ0v) is 11.6. The number of hydrogen-bond donors (Lipinski definition) is 3. The van der Waals surface area contributed by atoms with Gasteiger partial charge in [-0.2, -0.15) is 11.8 Å². The Bertz CT molecular complexity index is 395. The van der Waals surface area contributed by atoms with E-state index in [1.54, 1.807) is 12.1 Å². The van der Waals surface area contributed by atoms with Gasteiger partial charge in [0.25, 0.3) is 0 Å². The van der Waals surface area contributed by atoms with Crippen molar-refractivity contribution in [2.45, 2.75) is 18.5 Å². The van der Waals surface area contributed by atoms with Gasteiger partial charge in [-0.05, 0) is 29.9 Å². The predicted molar refractivity (Wildman–Crippen MR) is 73.8 cm³/mol. The molecule has 7 heteroatoms. The van der Waals surface area contributed by atoms with Crippen LogP contribution >= 0.6 is 23.1 Å². The molecule has 0 aliphatic rings. The topological polar surface area (TPSA) is 92.4 Å². The van der Waals surface area contributed by atoms with Crippen molar-refractivity contribution in [1.82, 2.24) is 5.32 Å². The number of carboxylic acids is 1. The molecule has 1 heterocycles. The van der Waals surface area contributed by atoms with E-state index in [2.05, 4.69) is 5.32 Å². The summed E-state index contributed by atoms with van der Waals surface area (Å²) in [5.74, 6) is -0.812. The van der Waals surface area contributed by atoms with Crippen molar-refractivity contribution in [2.75, 3.05) is 12.0 Å². The van der Waals surface area contributed by atoms with E-state index in [1.165, 1.54) is 23.1 Å². The van der Waals surface area contributed by atoms with Crippen LogP contribution in [0, 0.1) is 0 Å². The Morgan fingerprint density at radius 2 is 2.33 bits per heavy atom. The largest absolute Gasteiger partial charge is 0.480 e. The molecule has 1 aromatic rings. The maximum Gasteiger partial charge on any atom is 0.326 e. The van der Waals surface area contributed by atoms with Crippen LogP contribution in [0.3, 0.4) is 0 Å². The molecule has 0 spiro atoms. The summed E-state index contributed by atoms with van der Waals surface area (Å²) in [5.41, 5.74) is 5.76. The van der Waals surface area contributed by atoms with Gasteiger partial charge >= 0.3 is 5.97 Å². The van der Waals surface area contributed by atoms with Gasteiger partial charge in [-0.1, -0.05) is 6.07 Å². The van der Waals surface area contributed by atoms with Crippen LogP contribution in [0.25, 0.3) is 0 Å². The molecule has 5 nitrogen and oxygen atoms in total. The molecular formula is C11H16N2O3S2. The van der Waals surface area contributed by atoms with Crippen LogP contribution in [0.1, 0.15) is 17.3 Å². The van der Waals surface area contributed by atoms with Gasteiger partial charge in [0.2, 0.25) is 5.91 Å². The average molecular weight is 288 g/mol. The average Bonchev–Trinajstić information content (AvgIpc) is 2.86. The third-order valence-corrected chi connectivity index (χ3v) is 3.96. The second kappa shape index (κ2) is 7.40. The predicted octanol–water partition coefficient (Wildman–Crippen LogP) is 1.07. The molecule has 100 valence electrons. The summed E-state index contributed by atoms with van der Waals surface area (Å²) in [6, 6.07) is 1.87. The fourth-order valence-corrected chi connectivity index (χ4v) is 2.55. The molecular weight excluding hydrogens is 272 g/mol. The number of carbonyl (C=O) groups is 2. The molecule has 0 aromatic carbocycles. The molecule has 1 aromatic heterocycles. The van der Waals surface area contributed by atoms with Gasteiger partial charge in [-0.3, -0.25) is 4.79 Å². The molecule has 0 bridgehead atoms. The lowest BCUT2D eigenvalue weighted by Crippen LogP contribution is -2.45. The lowest BCUT2D eigenvalue weighted by Gasteiger charge is -2.16. The van der Waals surface area contributed by atoms with Crippen LogP contribution < -0.4 is 11.1 Å². The first-order chi connectivity index (χ1) is 8.56. The molecule has 18 heavy (non-hydrogen) atoms. The highest BCUT2D eigenvalue weighted by molar-refractivity contribution is 7.98. The van der Waals surface area contributed by atoms with Crippen molar-refractivity contribution in [3.05, 3.63) is 22.4 Å². The van der Waals surface area contributed by atoms with Gasteiger partial charge in [0.15, 0.2) is 0 Å². The first kappa shape index (κ1) is 15.0. The fraction of sp³-hybridized carbons (Fsp3) is 0.455. The number of thiophene rings is 1.